The highest BCUT2D eigenvalue weighted by Crippen LogP contribution is 2.38. The van der Waals surface area contributed by atoms with Gasteiger partial charge in [0.1, 0.15) is 28.1 Å². The Morgan fingerprint density at radius 1 is 1.10 bits per heavy atom. The van der Waals surface area contributed by atoms with Crippen molar-refractivity contribution in [3.63, 3.8) is 0 Å². The van der Waals surface area contributed by atoms with Crippen LogP contribution >= 0.6 is 11.3 Å². The monoisotopic (exact) mass is 435 g/mol. The highest BCUT2D eigenvalue weighted by molar-refractivity contribution is 7.11. The predicted octanol–water partition coefficient (Wildman–Crippen LogP) is 5.72. The molecule has 0 amide bonds. The lowest BCUT2D eigenvalue weighted by Gasteiger charge is -2.19. The third kappa shape index (κ3) is 3.88. The molecular formula is C24H25N3O3S. The SMILES string of the molecule is COc1ccc(OC)c(-c2csc(C3=C(O)CN(c4ccc(C(C)C)cc4)C3=N)n2)c1. The predicted molar refractivity (Wildman–Crippen MR) is 126 cm³/mol. The largest absolute Gasteiger partial charge is 0.510 e. The zero-order chi connectivity index (χ0) is 22.1. The quantitative estimate of drug-likeness (QED) is 0.518. The Balaban J connectivity index is 1.63. The number of aromatic nitrogens is 1. The van der Waals surface area contributed by atoms with Crippen molar-refractivity contribution in [1.82, 2.24) is 4.98 Å². The molecule has 0 fully saturated rings. The topological polar surface area (TPSA) is 78.7 Å². The Morgan fingerprint density at radius 3 is 2.48 bits per heavy atom. The number of anilines is 1. The van der Waals surface area contributed by atoms with Crippen molar-refractivity contribution >= 4 is 28.4 Å². The highest BCUT2D eigenvalue weighted by Gasteiger charge is 2.31. The van der Waals surface area contributed by atoms with Gasteiger partial charge in [0.15, 0.2) is 0 Å². The molecule has 2 heterocycles. The number of aliphatic hydroxyl groups excluding tert-OH is 1. The van der Waals surface area contributed by atoms with Crippen molar-refractivity contribution in [3.05, 3.63) is 64.2 Å². The van der Waals surface area contributed by atoms with Gasteiger partial charge in [0, 0.05) is 16.6 Å². The molecule has 160 valence electrons. The lowest BCUT2D eigenvalue weighted by atomic mass is 10.0. The van der Waals surface area contributed by atoms with Gasteiger partial charge in [0.25, 0.3) is 0 Å². The van der Waals surface area contributed by atoms with E-state index in [9.17, 15) is 5.11 Å². The van der Waals surface area contributed by atoms with Crippen LogP contribution in [0.15, 0.2) is 53.6 Å². The molecule has 0 bridgehead atoms. The molecule has 0 radical (unpaired) electrons. The highest BCUT2D eigenvalue weighted by atomic mass is 32.1. The van der Waals surface area contributed by atoms with Gasteiger partial charge in [-0.05, 0) is 41.8 Å². The summed E-state index contributed by atoms with van der Waals surface area (Å²) in [5, 5.41) is 21.9. The molecule has 0 atom stereocenters. The van der Waals surface area contributed by atoms with E-state index in [1.807, 2.05) is 35.7 Å². The van der Waals surface area contributed by atoms with Gasteiger partial charge in [-0.1, -0.05) is 26.0 Å². The molecule has 1 aliphatic heterocycles. The normalized spacial score (nSPS) is 14.0. The standard InChI is InChI=1S/C24H25N3O3S/c1-14(2)15-5-7-16(8-6-15)27-12-20(28)22(23(27)25)24-26-19(13-31-24)18-11-17(29-3)9-10-21(18)30-4/h5-11,13-14,25,28H,12H2,1-4H3. The summed E-state index contributed by atoms with van der Waals surface area (Å²) in [5.74, 6) is 2.22. The van der Waals surface area contributed by atoms with Gasteiger partial charge in [0.05, 0.1) is 32.0 Å². The average molecular weight is 436 g/mol. The summed E-state index contributed by atoms with van der Waals surface area (Å²) in [5.41, 5.74) is 4.09. The molecule has 7 heteroatoms. The first-order valence-corrected chi connectivity index (χ1v) is 10.9. The maximum Gasteiger partial charge on any atom is 0.139 e. The fraction of sp³-hybridized carbons (Fsp3) is 0.250. The minimum atomic E-state index is 0.149. The van der Waals surface area contributed by atoms with Crippen LogP contribution in [0.25, 0.3) is 16.8 Å². The number of benzene rings is 2. The van der Waals surface area contributed by atoms with Crippen molar-refractivity contribution in [3.8, 4) is 22.8 Å². The van der Waals surface area contributed by atoms with Crippen molar-refractivity contribution < 1.29 is 14.6 Å². The van der Waals surface area contributed by atoms with E-state index >= 15 is 0 Å². The zero-order valence-electron chi connectivity index (χ0n) is 18.0. The summed E-state index contributed by atoms with van der Waals surface area (Å²) < 4.78 is 10.8. The summed E-state index contributed by atoms with van der Waals surface area (Å²) in [6.45, 7) is 4.55. The number of nitrogens with one attached hydrogen (secondary N) is 1. The molecule has 2 aromatic carbocycles. The van der Waals surface area contributed by atoms with E-state index in [1.165, 1.54) is 16.9 Å². The van der Waals surface area contributed by atoms with Gasteiger partial charge < -0.3 is 19.5 Å². The van der Waals surface area contributed by atoms with Crippen molar-refractivity contribution in [1.29, 1.82) is 5.41 Å². The minimum absolute atomic E-state index is 0.149. The molecular weight excluding hydrogens is 410 g/mol. The van der Waals surface area contributed by atoms with E-state index in [1.54, 1.807) is 19.1 Å². The van der Waals surface area contributed by atoms with Gasteiger partial charge in [-0.3, -0.25) is 5.41 Å². The first-order chi connectivity index (χ1) is 14.9. The summed E-state index contributed by atoms with van der Waals surface area (Å²) in [6, 6.07) is 13.7. The molecule has 0 saturated heterocycles. The number of methoxy groups -OCH3 is 2. The lowest BCUT2D eigenvalue weighted by molar-refractivity contribution is 0.404. The third-order valence-corrected chi connectivity index (χ3v) is 6.24. The van der Waals surface area contributed by atoms with Crippen molar-refractivity contribution in [2.24, 2.45) is 0 Å². The summed E-state index contributed by atoms with van der Waals surface area (Å²) in [7, 11) is 3.23. The fourth-order valence-electron chi connectivity index (χ4n) is 3.59. The van der Waals surface area contributed by atoms with Crippen LogP contribution < -0.4 is 14.4 Å². The molecule has 1 aliphatic rings. The molecule has 3 aromatic rings. The zero-order valence-corrected chi connectivity index (χ0v) is 18.8. The Bertz CT molecular complexity index is 1150. The van der Waals surface area contributed by atoms with E-state index < -0.39 is 0 Å². The smallest absolute Gasteiger partial charge is 0.139 e. The van der Waals surface area contributed by atoms with Crippen LogP contribution in [-0.4, -0.2) is 36.7 Å². The van der Waals surface area contributed by atoms with E-state index in [0.29, 0.717) is 33.7 Å². The Kier molecular flexibility index (Phi) is 5.69. The molecule has 2 N–H and O–H groups in total. The van der Waals surface area contributed by atoms with E-state index in [4.69, 9.17) is 19.9 Å². The molecule has 0 unspecified atom stereocenters. The number of hydrogen-bond donors (Lipinski definition) is 2. The lowest BCUT2D eigenvalue weighted by Crippen LogP contribution is -2.26. The number of rotatable bonds is 6. The van der Waals surface area contributed by atoms with Crippen molar-refractivity contribution in [2.45, 2.75) is 19.8 Å². The number of hydrogen-bond acceptors (Lipinski definition) is 6. The first kappa shape index (κ1) is 20.9. The molecule has 6 nitrogen and oxygen atoms in total. The number of thiazole rings is 1. The van der Waals surface area contributed by atoms with E-state index in [-0.39, 0.29) is 18.1 Å². The van der Waals surface area contributed by atoms with E-state index in [2.05, 4.69) is 26.0 Å². The van der Waals surface area contributed by atoms with Crippen LogP contribution in [0.2, 0.25) is 0 Å². The van der Waals surface area contributed by atoms with Gasteiger partial charge >= 0.3 is 0 Å². The average Bonchev–Trinajstić information content (AvgIpc) is 3.37. The Labute approximate surface area is 185 Å². The summed E-state index contributed by atoms with van der Waals surface area (Å²) in [6.07, 6.45) is 0. The molecule has 4 rings (SSSR count). The van der Waals surface area contributed by atoms with Crippen LogP contribution in [0.4, 0.5) is 5.69 Å². The Morgan fingerprint density at radius 2 is 1.84 bits per heavy atom. The fourth-order valence-corrected chi connectivity index (χ4v) is 4.48. The van der Waals surface area contributed by atoms with Gasteiger partial charge in [-0.2, -0.15) is 0 Å². The van der Waals surface area contributed by atoms with Gasteiger partial charge in [-0.25, -0.2) is 4.98 Å². The summed E-state index contributed by atoms with van der Waals surface area (Å²) in [4.78, 5) is 6.50. The number of amidine groups is 1. The van der Waals surface area contributed by atoms with Gasteiger partial charge in [0.2, 0.25) is 0 Å². The number of ether oxygens (including phenoxy) is 2. The molecule has 31 heavy (non-hydrogen) atoms. The summed E-state index contributed by atoms with van der Waals surface area (Å²) >= 11 is 1.39. The molecule has 0 aliphatic carbocycles. The van der Waals surface area contributed by atoms with Crippen LogP contribution in [0.3, 0.4) is 0 Å². The Hall–Kier alpha value is -3.32. The molecule has 0 spiro atoms. The number of nitrogens with zero attached hydrogens (tertiary/aromatic N) is 2. The van der Waals surface area contributed by atoms with Crippen LogP contribution in [0.5, 0.6) is 11.5 Å². The second-order valence-electron chi connectivity index (χ2n) is 7.61. The van der Waals surface area contributed by atoms with Crippen LogP contribution in [0, 0.1) is 5.41 Å². The second-order valence-corrected chi connectivity index (χ2v) is 8.46. The molecule has 1 aromatic heterocycles. The maximum absolute atomic E-state index is 10.7. The minimum Gasteiger partial charge on any atom is -0.510 e. The third-order valence-electron chi connectivity index (χ3n) is 5.38. The van der Waals surface area contributed by atoms with Crippen LogP contribution in [-0.2, 0) is 0 Å². The van der Waals surface area contributed by atoms with Crippen LogP contribution in [0.1, 0.15) is 30.3 Å². The maximum atomic E-state index is 10.7. The van der Waals surface area contributed by atoms with Gasteiger partial charge in [-0.15, -0.1) is 11.3 Å². The number of aliphatic hydroxyl groups is 1. The van der Waals surface area contributed by atoms with Crippen molar-refractivity contribution in [2.75, 3.05) is 25.7 Å². The molecule has 0 saturated carbocycles. The first-order valence-electron chi connectivity index (χ1n) is 9.99. The van der Waals surface area contributed by atoms with E-state index in [0.717, 1.165) is 11.3 Å². The second kappa shape index (κ2) is 8.43.